The summed E-state index contributed by atoms with van der Waals surface area (Å²) in [5, 5.41) is 10.6. The van der Waals surface area contributed by atoms with Gasteiger partial charge in [0.2, 0.25) is 0 Å². The van der Waals surface area contributed by atoms with Gasteiger partial charge >= 0.3 is 39.5 Å². The van der Waals surface area contributed by atoms with Crippen molar-refractivity contribution in [2.24, 2.45) is 17.8 Å². The molecule has 0 aliphatic rings. The summed E-state index contributed by atoms with van der Waals surface area (Å²) in [4.78, 5) is 72.3. The Morgan fingerprint density at radius 3 is 0.874 bits per heavy atom. The monoisotopic (exact) mass is 1280 g/mol. The highest BCUT2D eigenvalue weighted by Gasteiger charge is 2.30. The van der Waals surface area contributed by atoms with E-state index in [0.717, 1.165) is 120 Å². The van der Waals surface area contributed by atoms with E-state index < -0.39 is 97.5 Å². The molecule has 3 unspecified atom stereocenters. The van der Waals surface area contributed by atoms with E-state index in [1.807, 2.05) is 0 Å². The number of hydrogen-bond acceptors (Lipinski definition) is 15. The Labute approximate surface area is 530 Å². The highest BCUT2D eigenvalue weighted by Crippen LogP contribution is 2.45. The highest BCUT2D eigenvalue weighted by atomic mass is 31.2. The number of carbonyl (C=O) groups excluding carboxylic acids is 4. The quantitative estimate of drug-likeness (QED) is 0.0222. The summed E-state index contributed by atoms with van der Waals surface area (Å²) in [7, 11) is -9.89. The van der Waals surface area contributed by atoms with Crippen LogP contribution in [0.3, 0.4) is 0 Å². The van der Waals surface area contributed by atoms with E-state index in [1.54, 1.807) is 0 Å². The fourth-order valence-electron chi connectivity index (χ4n) is 10.2. The molecule has 0 aliphatic carbocycles. The molecule has 0 bridgehead atoms. The summed E-state index contributed by atoms with van der Waals surface area (Å²) < 4.78 is 68.1. The van der Waals surface area contributed by atoms with Gasteiger partial charge in [-0.3, -0.25) is 37.3 Å². The molecule has 0 aromatic heterocycles. The fourth-order valence-corrected chi connectivity index (χ4v) is 11.7. The first-order chi connectivity index (χ1) is 41.8. The number of ether oxygens (including phenoxy) is 4. The zero-order chi connectivity index (χ0) is 64.5. The van der Waals surface area contributed by atoms with Gasteiger partial charge in [-0.2, -0.15) is 0 Å². The second-order valence-electron chi connectivity index (χ2n) is 25.8. The Balaban J connectivity index is 5.22. The standard InChI is InChI=1S/C68H132O17P2/c1-8-10-11-12-25-35-42-49-65(70)78-55-64(85-68(73)52-45-38-31-30-34-41-48-61(7)9-2)58-83-87(76,77)81-54-62(69)53-80-86(74,75)82-57-63(56-79-66(71)50-43-36-28-23-20-16-18-22-27-33-40-47-60(5)6)84-67(72)51-44-37-29-24-19-15-13-14-17-21-26-32-39-46-59(3)4/h59-64,69H,8-58H2,1-7H3,(H,74,75)(H,76,77)/t61?,62-,63-,64-/m1/s1. The SMILES string of the molecule is CCCCCCCCCC(=O)OC[C@H](COP(=O)(O)OC[C@H](O)COP(=O)(O)OC[C@@H](COC(=O)CCCCCCCCCCCCCC(C)C)OC(=O)CCCCCCCCCCCCCCCC(C)C)OC(=O)CCCCCCCCC(C)CC. The fraction of sp³-hybridized carbons (Fsp3) is 0.941. The topological polar surface area (TPSA) is 237 Å². The van der Waals surface area contributed by atoms with Gasteiger partial charge in [-0.05, 0) is 43.4 Å². The van der Waals surface area contributed by atoms with Crippen LogP contribution in [0.2, 0.25) is 0 Å². The third-order valence-electron chi connectivity index (χ3n) is 16.0. The Hall–Kier alpha value is -1.94. The van der Waals surface area contributed by atoms with Crippen LogP contribution in [0, 0.1) is 17.8 Å². The third kappa shape index (κ3) is 61.3. The zero-order valence-corrected chi connectivity index (χ0v) is 58.3. The number of phosphoric acid groups is 2. The maximum atomic E-state index is 13.0. The minimum atomic E-state index is -4.95. The van der Waals surface area contributed by atoms with Gasteiger partial charge in [0.05, 0.1) is 26.4 Å². The number of unbranched alkanes of at least 4 members (excludes halogenated alkanes) is 33. The van der Waals surface area contributed by atoms with E-state index >= 15 is 0 Å². The van der Waals surface area contributed by atoms with E-state index in [-0.39, 0.29) is 25.7 Å². The van der Waals surface area contributed by atoms with Crippen molar-refractivity contribution in [2.75, 3.05) is 39.6 Å². The van der Waals surface area contributed by atoms with E-state index in [2.05, 4.69) is 48.5 Å². The normalized spacial score (nSPS) is 14.6. The van der Waals surface area contributed by atoms with Crippen LogP contribution >= 0.6 is 15.6 Å². The molecule has 0 radical (unpaired) electrons. The van der Waals surface area contributed by atoms with Crippen LogP contribution in [0.4, 0.5) is 0 Å². The molecule has 0 saturated carbocycles. The predicted molar refractivity (Wildman–Crippen MR) is 349 cm³/mol. The van der Waals surface area contributed by atoms with Gasteiger partial charge in [0.25, 0.3) is 0 Å². The number of aliphatic hydroxyl groups is 1. The summed E-state index contributed by atoms with van der Waals surface area (Å²) in [6.07, 6.45) is 41.8. The van der Waals surface area contributed by atoms with Crippen LogP contribution < -0.4 is 0 Å². The highest BCUT2D eigenvalue weighted by molar-refractivity contribution is 7.47. The van der Waals surface area contributed by atoms with Gasteiger partial charge < -0.3 is 33.8 Å². The van der Waals surface area contributed by atoms with Gasteiger partial charge in [0, 0.05) is 25.7 Å². The van der Waals surface area contributed by atoms with Crippen LogP contribution in [0.15, 0.2) is 0 Å². The lowest BCUT2D eigenvalue weighted by Gasteiger charge is -2.21. The number of rotatable bonds is 66. The third-order valence-corrected chi connectivity index (χ3v) is 17.9. The van der Waals surface area contributed by atoms with E-state index in [9.17, 15) is 43.2 Å². The zero-order valence-electron chi connectivity index (χ0n) is 56.5. The first-order valence-corrected chi connectivity index (χ1v) is 38.4. The number of hydrogen-bond donors (Lipinski definition) is 3. The average molecular weight is 1280 g/mol. The molecule has 19 heteroatoms. The lowest BCUT2D eigenvalue weighted by Crippen LogP contribution is -2.30. The number of carbonyl (C=O) groups is 4. The number of aliphatic hydroxyl groups excluding tert-OH is 1. The van der Waals surface area contributed by atoms with Crippen molar-refractivity contribution < 1.29 is 80.2 Å². The Morgan fingerprint density at radius 1 is 0.333 bits per heavy atom. The summed E-state index contributed by atoms with van der Waals surface area (Å²) >= 11 is 0. The predicted octanol–water partition coefficient (Wildman–Crippen LogP) is 19.1. The van der Waals surface area contributed by atoms with Gasteiger partial charge in [-0.25, -0.2) is 9.13 Å². The van der Waals surface area contributed by atoms with Crippen molar-refractivity contribution in [3.8, 4) is 0 Å². The molecule has 0 spiro atoms. The molecule has 0 aromatic rings. The molecule has 3 N–H and O–H groups in total. The molecule has 0 fully saturated rings. The van der Waals surface area contributed by atoms with Gasteiger partial charge in [-0.1, -0.05) is 286 Å². The lowest BCUT2D eigenvalue weighted by molar-refractivity contribution is -0.161. The molecule has 0 aromatic carbocycles. The smallest absolute Gasteiger partial charge is 0.462 e. The van der Waals surface area contributed by atoms with Crippen molar-refractivity contribution in [3.05, 3.63) is 0 Å². The lowest BCUT2D eigenvalue weighted by atomic mass is 10.00. The van der Waals surface area contributed by atoms with E-state index in [0.29, 0.717) is 25.7 Å². The number of phosphoric ester groups is 2. The molecule has 516 valence electrons. The molecular formula is C68H132O17P2. The summed E-state index contributed by atoms with van der Waals surface area (Å²) in [5.74, 6) is 0.142. The number of esters is 4. The maximum absolute atomic E-state index is 13.0. The molecule has 87 heavy (non-hydrogen) atoms. The molecule has 17 nitrogen and oxygen atoms in total. The summed E-state index contributed by atoms with van der Waals surface area (Å²) in [6.45, 7) is 11.8. The summed E-state index contributed by atoms with van der Waals surface area (Å²) in [6, 6.07) is 0. The van der Waals surface area contributed by atoms with Crippen LogP contribution in [-0.4, -0.2) is 96.7 Å². The maximum Gasteiger partial charge on any atom is 0.472 e. The van der Waals surface area contributed by atoms with Crippen LogP contribution in [0.1, 0.15) is 337 Å². The van der Waals surface area contributed by atoms with Crippen molar-refractivity contribution in [1.29, 1.82) is 0 Å². The first kappa shape index (κ1) is 85.1. The molecule has 6 atom stereocenters. The minimum absolute atomic E-state index is 0.102. The first-order valence-electron chi connectivity index (χ1n) is 35.4. The Bertz CT molecular complexity index is 1720. The largest absolute Gasteiger partial charge is 0.472 e. The molecular weight excluding hydrogens is 1150 g/mol. The van der Waals surface area contributed by atoms with Crippen molar-refractivity contribution in [3.63, 3.8) is 0 Å². The Morgan fingerprint density at radius 2 is 0.586 bits per heavy atom. The van der Waals surface area contributed by atoms with E-state index in [1.165, 1.54) is 135 Å². The van der Waals surface area contributed by atoms with Crippen LogP contribution in [0.5, 0.6) is 0 Å². The summed E-state index contributed by atoms with van der Waals surface area (Å²) in [5.41, 5.74) is 0. The van der Waals surface area contributed by atoms with Crippen LogP contribution in [0.25, 0.3) is 0 Å². The molecule has 0 saturated heterocycles. The molecule has 0 amide bonds. The van der Waals surface area contributed by atoms with Crippen molar-refractivity contribution in [1.82, 2.24) is 0 Å². The van der Waals surface area contributed by atoms with Gasteiger partial charge in [0.1, 0.15) is 19.3 Å². The van der Waals surface area contributed by atoms with E-state index in [4.69, 9.17) is 37.0 Å². The second kappa shape index (κ2) is 59.1. The van der Waals surface area contributed by atoms with Gasteiger partial charge in [-0.15, -0.1) is 0 Å². The van der Waals surface area contributed by atoms with Crippen LogP contribution in [-0.2, 0) is 65.4 Å². The molecule has 0 rings (SSSR count). The van der Waals surface area contributed by atoms with Crippen molar-refractivity contribution in [2.45, 2.75) is 356 Å². The Kier molecular flexibility index (Phi) is 57.8. The van der Waals surface area contributed by atoms with Crippen molar-refractivity contribution >= 4 is 39.5 Å². The molecule has 0 aliphatic heterocycles. The van der Waals surface area contributed by atoms with Gasteiger partial charge in [0.15, 0.2) is 12.2 Å². The average Bonchev–Trinajstić information content (AvgIpc) is 3.70. The second-order valence-corrected chi connectivity index (χ2v) is 28.7. The molecule has 0 heterocycles. The minimum Gasteiger partial charge on any atom is -0.462 e.